The van der Waals surface area contributed by atoms with Crippen LogP contribution < -0.4 is 0 Å². The van der Waals surface area contributed by atoms with E-state index in [0.717, 1.165) is 6.42 Å². The molecule has 0 aliphatic carbocycles. The molecule has 0 aromatic heterocycles. The highest BCUT2D eigenvalue weighted by Crippen LogP contribution is 2.22. The van der Waals surface area contributed by atoms with Crippen LogP contribution in [-0.2, 0) is 0 Å². The van der Waals surface area contributed by atoms with Crippen LogP contribution in [0.25, 0.3) is 5.57 Å². The summed E-state index contributed by atoms with van der Waals surface area (Å²) in [5.74, 6) is 0. The molecule has 0 unspecified atom stereocenters. The number of aryl methyl sites for hydroxylation is 1. The molecule has 0 heteroatoms. The lowest BCUT2D eigenvalue weighted by molar-refractivity contribution is 1.29. The fraction of sp³-hybridized carbons (Fsp3) is 0.286. The van der Waals surface area contributed by atoms with E-state index in [1.165, 1.54) is 22.3 Å². The third-order valence-corrected chi connectivity index (χ3v) is 2.35. The summed E-state index contributed by atoms with van der Waals surface area (Å²) in [6, 6.07) is 8.67. The minimum absolute atomic E-state index is 0.950. The van der Waals surface area contributed by atoms with Gasteiger partial charge in [0.1, 0.15) is 0 Å². The first-order valence-corrected chi connectivity index (χ1v) is 4.99. The molecule has 0 fully saturated rings. The molecule has 1 aromatic rings. The largest absolute Gasteiger partial charge is 0.103 e. The van der Waals surface area contributed by atoms with E-state index in [1.807, 2.05) is 6.08 Å². The lowest BCUT2D eigenvalue weighted by Gasteiger charge is -2.08. The predicted octanol–water partition coefficient (Wildman–Crippen LogP) is 4.36. The summed E-state index contributed by atoms with van der Waals surface area (Å²) in [6.45, 7) is 10.2. The number of allylic oxidation sites excluding steroid dienone is 3. The minimum Gasteiger partial charge on any atom is -0.103 e. The first-order valence-electron chi connectivity index (χ1n) is 4.99. The van der Waals surface area contributed by atoms with Crippen molar-refractivity contribution >= 4 is 5.57 Å². The average Bonchev–Trinajstić information content (AvgIpc) is 2.15. The maximum absolute atomic E-state index is 3.79. The molecule has 0 bridgehead atoms. The molecule has 74 valence electrons. The molecule has 0 radical (unpaired) electrons. The van der Waals surface area contributed by atoms with Gasteiger partial charge in [-0.3, -0.25) is 0 Å². The van der Waals surface area contributed by atoms with Crippen LogP contribution in [0.1, 0.15) is 31.4 Å². The molecule has 1 aromatic carbocycles. The molecule has 0 aliphatic heterocycles. The fourth-order valence-electron chi connectivity index (χ4n) is 1.51. The maximum Gasteiger partial charge on any atom is -0.00949 e. The molecular weight excluding hydrogens is 168 g/mol. The molecule has 1 rings (SSSR count). The molecule has 0 saturated carbocycles. The van der Waals surface area contributed by atoms with E-state index >= 15 is 0 Å². The van der Waals surface area contributed by atoms with Gasteiger partial charge in [-0.05, 0) is 38.3 Å². The first-order chi connectivity index (χ1) is 6.65. The molecule has 0 heterocycles. The Kier molecular flexibility index (Phi) is 3.70. The van der Waals surface area contributed by atoms with Crippen molar-refractivity contribution in [3.63, 3.8) is 0 Å². The highest BCUT2D eigenvalue weighted by molar-refractivity contribution is 5.69. The highest BCUT2D eigenvalue weighted by Gasteiger charge is 2.00. The molecular formula is C14H18. The molecule has 0 nitrogen and oxygen atoms in total. The van der Waals surface area contributed by atoms with Gasteiger partial charge in [-0.1, -0.05) is 41.5 Å². The third kappa shape index (κ3) is 2.59. The smallest absolute Gasteiger partial charge is 0.00949 e. The Morgan fingerprint density at radius 3 is 2.21 bits per heavy atom. The van der Waals surface area contributed by atoms with Crippen LogP contribution >= 0.6 is 0 Å². The Labute approximate surface area is 87.0 Å². The fourth-order valence-corrected chi connectivity index (χ4v) is 1.51. The van der Waals surface area contributed by atoms with Gasteiger partial charge in [0.25, 0.3) is 0 Å². The number of rotatable bonds is 3. The van der Waals surface area contributed by atoms with Gasteiger partial charge < -0.3 is 0 Å². The minimum atomic E-state index is 0.950. The second-order valence-corrected chi connectivity index (χ2v) is 3.84. The van der Waals surface area contributed by atoms with Crippen molar-refractivity contribution < 1.29 is 0 Å². The summed E-state index contributed by atoms with van der Waals surface area (Å²) in [5.41, 5.74) is 5.38. The zero-order valence-electron chi connectivity index (χ0n) is 9.30. The van der Waals surface area contributed by atoms with E-state index in [4.69, 9.17) is 0 Å². The van der Waals surface area contributed by atoms with Crippen molar-refractivity contribution in [3.05, 3.63) is 53.6 Å². The van der Waals surface area contributed by atoms with E-state index in [9.17, 15) is 0 Å². The van der Waals surface area contributed by atoms with Crippen molar-refractivity contribution in [2.24, 2.45) is 0 Å². The Balaban J connectivity index is 3.07. The van der Waals surface area contributed by atoms with Gasteiger partial charge in [0.05, 0.1) is 0 Å². The molecule has 0 saturated heterocycles. The molecule has 0 atom stereocenters. The van der Waals surface area contributed by atoms with Gasteiger partial charge >= 0.3 is 0 Å². The molecule has 0 N–H and O–H groups in total. The quantitative estimate of drug-likeness (QED) is 0.615. The van der Waals surface area contributed by atoms with E-state index in [1.54, 1.807) is 0 Å². The van der Waals surface area contributed by atoms with Crippen molar-refractivity contribution in [2.75, 3.05) is 0 Å². The van der Waals surface area contributed by atoms with Crippen molar-refractivity contribution in [2.45, 2.75) is 27.2 Å². The summed E-state index contributed by atoms with van der Waals surface area (Å²) in [5, 5.41) is 0. The summed E-state index contributed by atoms with van der Waals surface area (Å²) in [4.78, 5) is 0. The summed E-state index contributed by atoms with van der Waals surface area (Å²) in [6.07, 6.45) is 2.91. The summed E-state index contributed by atoms with van der Waals surface area (Å²) in [7, 11) is 0. The van der Waals surface area contributed by atoms with Gasteiger partial charge in [0.15, 0.2) is 0 Å². The van der Waals surface area contributed by atoms with E-state index < -0.39 is 0 Å². The van der Waals surface area contributed by atoms with E-state index in [2.05, 4.69) is 51.6 Å². The van der Waals surface area contributed by atoms with Crippen LogP contribution in [0.15, 0.2) is 42.5 Å². The summed E-state index contributed by atoms with van der Waals surface area (Å²) >= 11 is 0. The van der Waals surface area contributed by atoms with Gasteiger partial charge in [-0.2, -0.15) is 0 Å². The van der Waals surface area contributed by atoms with Crippen molar-refractivity contribution in [3.8, 4) is 0 Å². The second-order valence-electron chi connectivity index (χ2n) is 3.84. The highest BCUT2D eigenvalue weighted by atomic mass is 14.1. The SMILES string of the molecule is C=CCC(=C(C)C)c1ccc(C)cc1. The molecule has 0 amide bonds. The lowest BCUT2D eigenvalue weighted by Crippen LogP contribution is -1.86. The van der Waals surface area contributed by atoms with Crippen LogP contribution in [0.4, 0.5) is 0 Å². The second kappa shape index (κ2) is 4.80. The van der Waals surface area contributed by atoms with Crippen LogP contribution in [0, 0.1) is 6.92 Å². The third-order valence-electron chi connectivity index (χ3n) is 2.35. The van der Waals surface area contributed by atoms with Gasteiger partial charge in [0.2, 0.25) is 0 Å². The number of hydrogen-bond donors (Lipinski definition) is 0. The molecule has 0 aliphatic rings. The zero-order valence-corrected chi connectivity index (χ0v) is 9.30. The Bertz CT molecular complexity index is 335. The Hall–Kier alpha value is -1.30. The van der Waals surface area contributed by atoms with Crippen LogP contribution in [-0.4, -0.2) is 0 Å². The lowest BCUT2D eigenvalue weighted by atomic mass is 9.98. The molecule has 0 spiro atoms. The zero-order chi connectivity index (χ0) is 10.6. The topological polar surface area (TPSA) is 0 Å². The van der Waals surface area contributed by atoms with Crippen molar-refractivity contribution in [1.82, 2.24) is 0 Å². The monoisotopic (exact) mass is 186 g/mol. The standard InChI is InChI=1S/C14H18/c1-5-6-14(11(2)3)13-9-7-12(4)8-10-13/h5,7-10H,1,6H2,2-4H3. The van der Waals surface area contributed by atoms with Crippen molar-refractivity contribution in [1.29, 1.82) is 0 Å². The van der Waals surface area contributed by atoms with Crippen LogP contribution in [0.5, 0.6) is 0 Å². The molecule has 14 heavy (non-hydrogen) atoms. The Morgan fingerprint density at radius 2 is 1.79 bits per heavy atom. The van der Waals surface area contributed by atoms with E-state index in [0.29, 0.717) is 0 Å². The normalized spacial score (nSPS) is 9.64. The van der Waals surface area contributed by atoms with E-state index in [-0.39, 0.29) is 0 Å². The first kappa shape index (κ1) is 10.8. The number of hydrogen-bond acceptors (Lipinski definition) is 0. The maximum atomic E-state index is 3.79. The average molecular weight is 186 g/mol. The Morgan fingerprint density at radius 1 is 1.21 bits per heavy atom. The van der Waals surface area contributed by atoms with Gasteiger partial charge in [0, 0.05) is 0 Å². The summed E-state index contributed by atoms with van der Waals surface area (Å²) < 4.78 is 0. The van der Waals surface area contributed by atoms with Crippen LogP contribution in [0.2, 0.25) is 0 Å². The van der Waals surface area contributed by atoms with Crippen LogP contribution in [0.3, 0.4) is 0 Å². The van der Waals surface area contributed by atoms with Gasteiger partial charge in [-0.25, -0.2) is 0 Å². The number of benzene rings is 1. The predicted molar refractivity (Wildman–Crippen MR) is 64.3 cm³/mol. The van der Waals surface area contributed by atoms with Gasteiger partial charge in [-0.15, -0.1) is 6.58 Å².